The molecule has 0 aromatic rings. The van der Waals surface area contributed by atoms with E-state index in [4.69, 9.17) is 14.2 Å². The number of carbonyl (C=O) groups excluding carboxylic acids is 2. The van der Waals surface area contributed by atoms with Gasteiger partial charge < -0.3 is 14.2 Å². The van der Waals surface area contributed by atoms with E-state index in [2.05, 4.69) is 6.92 Å². The number of methoxy groups -OCH3 is 2. The number of hydrogen-bond donors (Lipinski definition) is 0. The zero-order valence-electron chi connectivity index (χ0n) is 14.3. The van der Waals surface area contributed by atoms with Crippen molar-refractivity contribution in [3.8, 4) is 16.9 Å². The number of hydrogen-bond acceptors (Lipinski definition) is 5. The molecule has 0 saturated heterocycles. The normalized spacial score (nSPS) is 10.5. The van der Waals surface area contributed by atoms with Gasteiger partial charge in [0.25, 0.3) is 0 Å². The third-order valence-electron chi connectivity index (χ3n) is 3.81. The summed E-state index contributed by atoms with van der Waals surface area (Å²) in [5.41, 5.74) is 1.72. The minimum Gasteiger partial charge on any atom is -0.495 e. The molecule has 0 bridgehead atoms. The number of unbranched alkanes of at least 4 members (excludes halogenated alkanes) is 2. The first-order chi connectivity index (χ1) is 11.7. The molecule has 24 heavy (non-hydrogen) atoms. The van der Waals surface area contributed by atoms with Crippen molar-refractivity contribution in [1.82, 2.24) is 0 Å². The van der Waals surface area contributed by atoms with Crippen molar-refractivity contribution in [3.63, 3.8) is 0 Å². The van der Waals surface area contributed by atoms with Crippen molar-refractivity contribution >= 4 is 11.9 Å². The van der Waals surface area contributed by atoms with Crippen molar-refractivity contribution in [2.75, 3.05) is 20.8 Å². The first-order valence-electron chi connectivity index (χ1n) is 7.99. The Morgan fingerprint density at radius 2 is 1.54 bits per heavy atom. The Kier molecular flexibility index (Phi) is 6.18. The molecule has 0 atom stereocenters. The SMILES string of the molecule is CCCCCOC(=O)c1c2cccccc-2c(C(=O)OC)c1OC. The summed E-state index contributed by atoms with van der Waals surface area (Å²) in [5, 5.41) is 0. The molecule has 0 unspecified atom stereocenters. The van der Waals surface area contributed by atoms with E-state index in [1.165, 1.54) is 14.2 Å². The Hall–Kier alpha value is -2.56. The van der Waals surface area contributed by atoms with Crippen molar-refractivity contribution in [3.05, 3.63) is 41.5 Å². The summed E-state index contributed by atoms with van der Waals surface area (Å²) in [7, 11) is 2.72. The highest BCUT2D eigenvalue weighted by Gasteiger charge is 2.32. The van der Waals surface area contributed by atoms with Gasteiger partial charge in [-0.3, -0.25) is 0 Å². The first-order valence-corrected chi connectivity index (χ1v) is 7.99. The minimum atomic E-state index is -0.548. The summed E-state index contributed by atoms with van der Waals surface area (Å²) in [4.78, 5) is 24.8. The second-order valence-electron chi connectivity index (χ2n) is 5.36. The van der Waals surface area contributed by atoms with Gasteiger partial charge in [-0.2, -0.15) is 0 Å². The van der Waals surface area contributed by atoms with E-state index < -0.39 is 11.9 Å². The summed E-state index contributed by atoms with van der Waals surface area (Å²) in [6, 6.07) is 8.95. The molecule has 2 aliphatic carbocycles. The summed E-state index contributed by atoms with van der Waals surface area (Å²) in [6.07, 6.45) is 2.85. The van der Waals surface area contributed by atoms with Crippen LogP contribution >= 0.6 is 0 Å². The maximum atomic E-state index is 12.6. The topological polar surface area (TPSA) is 61.8 Å². The highest BCUT2D eigenvalue weighted by molar-refractivity contribution is 6.12. The summed E-state index contributed by atoms with van der Waals surface area (Å²) in [6.45, 7) is 2.42. The quantitative estimate of drug-likeness (QED) is 0.568. The van der Waals surface area contributed by atoms with Gasteiger partial charge in [-0.15, -0.1) is 0 Å². The van der Waals surface area contributed by atoms with Crippen molar-refractivity contribution in [1.29, 1.82) is 0 Å². The van der Waals surface area contributed by atoms with Crippen LogP contribution in [0.1, 0.15) is 46.9 Å². The smallest absolute Gasteiger partial charge is 0.342 e. The van der Waals surface area contributed by atoms with Gasteiger partial charge in [0.1, 0.15) is 16.9 Å². The standard InChI is InChI=1S/C19H22O5/c1-4-5-9-12-24-19(21)16-14-11-8-6-7-10-13(14)15(17(16)22-2)18(20)23-3/h6-8,10-11H,4-5,9,12H2,1-3H3. The van der Waals surface area contributed by atoms with E-state index in [1.54, 1.807) is 24.3 Å². The van der Waals surface area contributed by atoms with Crippen LogP contribution in [0.15, 0.2) is 30.3 Å². The van der Waals surface area contributed by atoms with E-state index in [0.29, 0.717) is 17.7 Å². The molecule has 0 saturated carbocycles. The van der Waals surface area contributed by atoms with Gasteiger partial charge in [0.05, 0.1) is 20.8 Å². The van der Waals surface area contributed by atoms with Crippen molar-refractivity contribution in [2.24, 2.45) is 0 Å². The van der Waals surface area contributed by atoms with Gasteiger partial charge in [-0.05, 0) is 6.42 Å². The van der Waals surface area contributed by atoms with Crippen LogP contribution in [0.5, 0.6) is 5.75 Å². The fraction of sp³-hybridized carbons (Fsp3) is 0.368. The van der Waals surface area contributed by atoms with Crippen LogP contribution in [0.2, 0.25) is 0 Å². The molecule has 0 amide bonds. The van der Waals surface area contributed by atoms with Gasteiger partial charge in [-0.25, -0.2) is 9.59 Å². The zero-order valence-corrected chi connectivity index (χ0v) is 14.3. The molecule has 0 fully saturated rings. The largest absolute Gasteiger partial charge is 0.495 e. The molecule has 0 aromatic carbocycles. The van der Waals surface area contributed by atoms with Crippen LogP contribution in [0.25, 0.3) is 11.1 Å². The molecular weight excluding hydrogens is 308 g/mol. The van der Waals surface area contributed by atoms with Crippen LogP contribution in [0.4, 0.5) is 0 Å². The lowest BCUT2D eigenvalue weighted by molar-refractivity contribution is 0.0496. The average Bonchev–Trinajstić information content (AvgIpc) is 2.73. The van der Waals surface area contributed by atoms with Crippen LogP contribution in [0, 0.1) is 0 Å². The molecule has 128 valence electrons. The maximum absolute atomic E-state index is 12.6. The number of carbonyl (C=O) groups is 2. The lowest BCUT2D eigenvalue weighted by Gasteiger charge is -2.07. The number of esters is 2. The monoisotopic (exact) mass is 330 g/mol. The van der Waals surface area contributed by atoms with Crippen LogP contribution < -0.4 is 4.74 Å². The van der Waals surface area contributed by atoms with E-state index in [0.717, 1.165) is 19.3 Å². The maximum Gasteiger partial charge on any atom is 0.342 e. The lowest BCUT2D eigenvalue weighted by Crippen LogP contribution is -2.08. The molecular formula is C19H22O5. The molecule has 0 spiro atoms. The number of rotatable bonds is 7. The third kappa shape index (κ3) is 3.50. The van der Waals surface area contributed by atoms with Gasteiger partial charge >= 0.3 is 11.9 Å². The summed E-state index contributed by atoms with van der Waals surface area (Å²) < 4.78 is 15.6. The fourth-order valence-electron chi connectivity index (χ4n) is 2.65. The van der Waals surface area contributed by atoms with Gasteiger partial charge in [-0.1, -0.05) is 50.1 Å². The Morgan fingerprint density at radius 1 is 0.917 bits per heavy atom. The van der Waals surface area contributed by atoms with Crippen LogP contribution in [0.3, 0.4) is 0 Å². The molecule has 0 heterocycles. The van der Waals surface area contributed by atoms with Crippen molar-refractivity contribution < 1.29 is 23.8 Å². The molecule has 0 aromatic heterocycles. The fourth-order valence-corrected chi connectivity index (χ4v) is 2.65. The predicted molar refractivity (Wildman–Crippen MR) is 90.8 cm³/mol. The Morgan fingerprint density at radius 3 is 2.08 bits per heavy atom. The molecule has 5 heteroatoms. The zero-order chi connectivity index (χ0) is 17.5. The van der Waals surface area contributed by atoms with Gasteiger partial charge in [0.2, 0.25) is 0 Å². The van der Waals surface area contributed by atoms with E-state index >= 15 is 0 Å². The summed E-state index contributed by atoms with van der Waals surface area (Å²) >= 11 is 0. The number of ether oxygens (including phenoxy) is 3. The predicted octanol–water partition coefficient (Wildman–Crippen LogP) is 3.93. The Balaban J connectivity index is 2.49. The molecule has 0 radical (unpaired) electrons. The average molecular weight is 330 g/mol. The van der Waals surface area contributed by atoms with Gasteiger partial charge in [0.15, 0.2) is 0 Å². The van der Waals surface area contributed by atoms with Gasteiger partial charge in [0, 0.05) is 11.1 Å². The highest BCUT2D eigenvalue weighted by Crippen LogP contribution is 2.42. The van der Waals surface area contributed by atoms with Crippen LogP contribution in [-0.2, 0) is 9.47 Å². The third-order valence-corrected chi connectivity index (χ3v) is 3.81. The molecule has 5 nitrogen and oxygen atoms in total. The van der Waals surface area contributed by atoms with Crippen molar-refractivity contribution in [2.45, 2.75) is 26.2 Å². The molecule has 0 N–H and O–H groups in total. The summed E-state index contributed by atoms with van der Waals surface area (Å²) in [5.74, 6) is -0.842. The van der Waals surface area contributed by atoms with E-state index in [-0.39, 0.29) is 16.9 Å². The minimum absolute atomic E-state index is 0.198. The highest BCUT2D eigenvalue weighted by atomic mass is 16.5. The molecule has 0 aliphatic heterocycles. The van der Waals surface area contributed by atoms with E-state index in [1.807, 2.05) is 6.07 Å². The second-order valence-corrected chi connectivity index (χ2v) is 5.36. The molecule has 2 aliphatic rings. The van der Waals surface area contributed by atoms with E-state index in [9.17, 15) is 9.59 Å². The Bertz CT molecular complexity index is 692. The lowest BCUT2D eigenvalue weighted by atomic mass is 10.1. The first kappa shape index (κ1) is 17.8. The second kappa shape index (κ2) is 8.34. The number of fused-ring (bicyclic) bond motifs is 1. The Labute approximate surface area is 141 Å². The molecule has 2 rings (SSSR count). The van der Waals surface area contributed by atoms with Crippen LogP contribution in [-0.4, -0.2) is 32.8 Å².